The van der Waals surface area contributed by atoms with Crippen molar-refractivity contribution in [1.82, 2.24) is 10.2 Å². The van der Waals surface area contributed by atoms with Crippen molar-refractivity contribution in [2.45, 2.75) is 12.3 Å². The van der Waals surface area contributed by atoms with Gasteiger partial charge in [-0.05, 0) is 36.3 Å². The van der Waals surface area contributed by atoms with E-state index < -0.39 is 11.6 Å². The number of thiocarbonyl (C=S) groups is 1. The largest absolute Gasteiger partial charge is 0.366 e. The van der Waals surface area contributed by atoms with Gasteiger partial charge in [-0.3, -0.25) is 0 Å². The van der Waals surface area contributed by atoms with Crippen LogP contribution in [0, 0.1) is 11.6 Å². The van der Waals surface area contributed by atoms with E-state index in [1.807, 2.05) is 4.90 Å². The summed E-state index contributed by atoms with van der Waals surface area (Å²) in [5.41, 5.74) is 0.712. The van der Waals surface area contributed by atoms with Crippen molar-refractivity contribution in [2.75, 3.05) is 20.1 Å². The molecule has 1 aromatic carbocycles. The van der Waals surface area contributed by atoms with Crippen LogP contribution in [0.1, 0.15) is 17.9 Å². The second-order valence-corrected chi connectivity index (χ2v) is 4.58. The second kappa shape index (κ2) is 4.96. The third-order valence-corrected chi connectivity index (χ3v) is 3.51. The number of hydrogen-bond donors (Lipinski definition) is 1. The monoisotopic (exact) mass is 256 g/mol. The summed E-state index contributed by atoms with van der Waals surface area (Å²) in [5.74, 6) is -0.893. The Labute approximate surface area is 105 Å². The first-order valence-electron chi connectivity index (χ1n) is 5.53. The molecule has 0 bridgehead atoms. The molecule has 0 aliphatic carbocycles. The molecule has 1 aliphatic heterocycles. The van der Waals surface area contributed by atoms with E-state index in [0.29, 0.717) is 17.2 Å². The fourth-order valence-electron chi connectivity index (χ4n) is 2.19. The van der Waals surface area contributed by atoms with Crippen LogP contribution in [0.25, 0.3) is 0 Å². The van der Waals surface area contributed by atoms with E-state index in [9.17, 15) is 8.78 Å². The Kier molecular flexibility index (Phi) is 3.57. The number of nitrogens with zero attached hydrogens (tertiary/aromatic N) is 1. The van der Waals surface area contributed by atoms with Crippen molar-refractivity contribution < 1.29 is 8.78 Å². The van der Waals surface area contributed by atoms with Gasteiger partial charge in [-0.25, -0.2) is 8.78 Å². The van der Waals surface area contributed by atoms with E-state index in [0.717, 1.165) is 19.0 Å². The topological polar surface area (TPSA) is 15.3 Å². The minimum absolute atomic E-state index is 0.145. The zero-order chi connectivity index (χ0) is 12.4. The lowest BCUT2D eigenvalue weighted by molar-refractivity contribution is 0.503. The van der Waals surface area contributed by atoms with Gasteiger partial charge in [0, 0.05) is 32.1 Å². The molecule has 92 valence electrons. The maximum Gasteiger partial charge on any atom is 0.168 e. The molecule has 1 aromatic rings. The molecule has 1 saturated heterocycles. The number of benzene rings is 1. The normalized spacial score (nSPS) is 19.5. The summed E-state index contributed by atoms with van der Waals surface area (Å²) in [4.78, 5) is 2.02. The Morgan fingerprint density at radius 3 is 2.59 bits per heavy atom. The molecule has 17 heavy (non-hydrogen) atoms. The molecule has 1 fully saturated rings. The minimum atomic E-state index is -0.519. The smallest absolute Gasteiger partial charge is 0.168 e. The molecular formula is C12H14F2N2S. The Balaban J connectivity index is 2.12. The van der Waals surface area contributed by atoms with Gasteiger partial charge in [0.05, 0.1) is 0 Å². The van der Waals surface area contributed by atoms with Crippen molar-refractivity contribution in [3.8, 4) is 0 Å². The summed E-state index contributed by atoms with van der Waals surface area (Å²) < 4.78 is 26.2. The molecule has 1 N–H and O–H groups in total. The SMILES string of the molecule is CNC(=S)N1CCC(c2cc(F)cc(F)c2)C1. The van der Waals surface area contributed by atoms with E-state index in [1.165, 1.54) is 12.1 Å². The molecule has 0 radical (unpaired) electrons. The van der Waals surface area contributed by atoms with Gasteiger partial charge in [0.1, 0.15) is 11.6 Å². The molecule has 5 heteroatoms. The fraction of sp³-hybridized carbons (Fsp3) is 0.417. The lowest BCUT2D eigenvalue weighted by Gasteiger charge is -2.18. The van der Waals surface area contributed by atoms with Crippen LogP contribution < -0.4 is 5.32 Å². The Morgan fingerprint density at radius 2 is 2.00 bits per heavy atom. The fourth-order valence-corrected chi connectivity index (χ4v) is 2.35. The third kappa shape index (κ3) is 2.72. The molecule has 0 saturated carbocycles. The van der Waals surface area contributed by atoms with Crippen molar-refractivity contribution >= 4 is 17.3 Å². The molecule has 2 nitrogen and oxygen atoms in total. The minimum Gasteiger partial charge on any atom is -0.366 e. The second-order valence-electron chi connectivity index (χ2n) is 4.19. The van der Waals surface area contributed by atoms with Crippen LogP contribution in [0.4, 0.5) is 8.78 Å². The van der Waals surface area contributed by atoms with Gasteiger partial charge in [0.25, 0.3) is 0 Å². The summed E-state index contributed by atoms with van der Waals surface area (Å²) in [6, 6.07) is 3.70. The average molecular weight is 256 g/mol. The Bertz CT molecular complexity index is 416. The van der Waals surface area contributed by atoms with Crippen molar-refractivity contribution in [3.05, 3.63) is 35.4 Å². The number of rotatable bonds is 1. The van der Waals surface area contributed by atoms with Crippen molar-refractivity contribution in [2.24, 2.45) is 0 Å². The summed E-state index contributed by atoms with van der Waals surface area (Å²) in [6.45, 7) is 1.53. The molecule has 1 unspecified atom stereocenters. The summed E-state index contributed by atoms with van der Waals surface area (Å²) in [6.07, 6.45) is 0.866. The third-order valence-electron chi connectivity index (χ3n) is 3.05. The van der Waals surface area contributed by atoms with Crippen LogP contribution in [-0.4, -0.2) is 30.1 Å². The summed E-state index contributed by atoms with van der Waals surface area (Å²) in [7, 11) is 1.78. The first kappa shape index (κ1) is 12.2. The quantitative estimate of drug-likeness (QED) is 0.776. The van der Waals surface area contributed by atoms with Crippen LogP contribution in [0.5, 0.6) is 0 Å². The lowest BCUT2D eigenvalue weighted by Crippen LogP contribution is -2.35. The van der Waals surface area contributed by atoms with Gasteiger partial charge in [-0.2, -0.15) is 0 Å². The predicted molar refractivity (Wildman–Crippen MR) is 66.9 cm³/mol. The molecule has 1 heterocycles. The summed E-state index contributed by atoms with van der Waals surface area (Å²) in [5, 5.41) is 3.60. The van der Waals surface area contributed by atoms with Gasteiger partial charge < -0.3 is 10.2 Å². The van der Waals surface area contributed by atoms with E-state index in [-0.39, 0.29) is 5.92 Å². The molecule has 0 amide bonds. The van der Waals surface area contributed by atoms with Crippen molar-refractivity contribution in [1.29, 1.82) is 0 Å². The number of halogens is 2. The molecular weight excluding hydrogens is 242 g/mol. The van der Waals surface area contributed by atoms with Gasteiger partial charge in [-0.15, -0.1) is 0 Å². The highest BCUT2D eigenvalue weighted by Crippen LogP contribution is 2.28. The Hall–Kier alpha value is -1.23. The number of nitrogens with one attached hydrogen (secondary N) is 1. The number of likely N-dealkylation sites (tertiary alicyclic amines) is 1. The zero-order valence-electron chi connectivity index (χ0n) is 9.54. The van der Waals surface area contributed by atoms with Gasteiger partial charge in [0.2, 0.25) is 0 Å². The average Bonchev–Trinajstić information content (AvgIpc) is 2.76. The zero-order valence-corrected chi connectivity index (χ0v) is 10.4. The molecule has 0 aromatic heterocycles. The molecule has 1 aliphatic rings. The standard InChI is InChI=1S/C12H14F2N2S/c1-15-12(17)16-3-2-8(7-16)9-4-10(13)6-11(14)5-9/h4-6,8H,2-3,7H2,1H3,(H,15,17). The first-order chi connectivity index (χ1) is 8.10. The lowest BCUT2D eigenvalue weighted by atomic mass is 9.98. The highest BCUT2D eigenvalue weighted by Gasteiger charge is 2.25. The van der Waals surface area contributed by atoms with Crippen LogP contribution in [0.3, 0.4) is 0 Å². The van der Waals surface area contributed by atoms with Crippen LogP contribution >= 0.6 is 12.2 Å². The van der Waals surface area contributed by atoms with Gasteiger partial charge >= 0.3 is 0 Å². The van der Waals surface area contributed by atoms with Crippen LogP contribution in [-0.2, 0) is 0 Å². The van der Waals surface area contributed by atoms with Gasteiger partial charge in [0.15, 0.2) is 5.11 Å². The molecule has 0 spiro atoms. The maximum atomic E-state index is 13.1. The first-order valence-corrected chi connectivity index (χ1v) is 5.93. The van der Waals surface area contributed by atoms with Gasteiger partial charge in [-0.1, -0.05) is 0 Å². The van der Waals surface area contributed by atoms with E-state index in [4.69, 9.17) is 12.2 Å². The molecule has 2 rings (SSSR count). The van der Waals surface area contributed by atoms with E-state index >= 15 is 0 Å². The highest BCUT2D eigenvalue weighted by molar-refractivity contribution is 7.80. The predicted octanol–water partition coefficient (Wildman–Crippen LogP) is 2.26. The number of hydrogen-bond acceptors (Lipinski definition) is 1. The molecule has 1 atom stereocenters. The summed E-state index contributed by atoms with van der Waals surface area (Å²) >= 11 is 5.14. The van der Waals surface area contributed by atoms with Crippen molar-refractivity contribution in [3.63, 3.8) is 0 Å². The Morgan fingerprint density at radius 1 is 1.35 bits per heavy atom. The van der Waals surface area contributed by atoms with E-state index in [2.05, 4.69) is 5.32 Å². The van der Waals surface area contributed by atoms with Crippen LogP contribution in [0.2, 0.25) is 0 Å². The highest BCUT2D eigenvalue weighted by atomic mass is 32.1. The van der Waals surface area contributed by atoms with Crippen LogP contribution in [0.15, 0.2) is 18.2 Å². The van der Waals surface area contributed by atoms with E-state index in [1.54, 1.807) is 7.05 Å². The maximum absolute atomic E-state index is 13.1.